The molecule has 2 aromatic carbocycles. The Morgan fingerprint density at radius 3 is 2.74 bits per heavy atom. The van der Waals surface area contributed by atoms with Crippen LogP contribution in [-0.2, 0) is 25.5 Å². The maximum atomic E-state index is 14.2. The molecule has 2 aromatic rings. The van der Waals surface area contributed by atoms with Crippen LogP contribution in [0.2, 0.25) is 0 Å². The zero-order chi connectivity index (χ0) is 30.1. The Hall–Kier alpha value is -3.24. The number of carboxylic acid groups (broad SMARTS) is 1. The smallest absolute Gasteiger partial charge is 0.310 e. The number of carboxylic acids is 1. The van der Waals surface area contributed by atoms with Gasteiger partial charge in [0.2, 0.25) is 5.91 Å². The predicted octanol–water partition coefficient (Wildman–Crippen LogP) is 6.18. The molecule has 0 aromatic heterocycles. The van der Waals surface area contributed by atoms with Crippen LogP contribution in [0.15, 0.2) is 59.5 Å². The predicted molar refractivity (Wildman–Crippen MR) is 158 cm³/mol. The van der Waals surface area contributed by atoms with Gasteiger partial charge in [0, 0.05) is 30.2 Å². The van der Waals surface area contributed by atoms with E-state index >= 15 is 0 Å². The third-order valence-electron chi connectivity index (χ3n) is 9.28. The summed E-state index contributed by atoms with van der Waals surface area (Å²) in [6, 6.07) is 10.7. The van der Waals surface area contributed by atoms with Gasteiger partial charge in [-0.05, 0) is 67.9 Å². The molecule has 3 heterocycles. The lowest BCUT2D eigenvalue weighted by Gasteiger charge is -2.29. The number of ether oxygens (including phenoxy) is 1. The average Bonchev–Trinajstić information content (AvgIpc) is 3.30. The van der Waals surface area contributed by atoms with Crippen molar-refractivity contribution in [3.05, 3.63) is 71.8 Å². The van der Waals surface area contributed by atoms with Gasteiger partial charge >= 0.3 is 5.97 Å². The molecular formula is C33H36F2N2O5S. The summed E-state index contributed by atoms with van der Waals surface area (Å²) in [4.78, 5) is 43.1. The number of ketones is 1. The van der Waals surface area contributed by atoms with Gasteiger partial charge in [-0.2, -0.15) is 0 Å². The lowest BCUT2D eigenvalue weighted by atomic mass is 9.90. The van der Waals surface area contributed by atoms with E-state index in [9.17, 15) is 28.3 Å². The van der Waals surface area contributed by atoms with Gasteiger partial charge < -0.3 is 20.1 Å². The Kier molecular flexibility index (Phi) is 8.60. The first-order chi connectivity index (χ1) is 20.7. The van der Waals surface area contributed by atoms with Crippen LogP contribution < -0.4 is 5.32 Å². The fraction of sp³-hybridized carbons (Fsp3) is 0.485. The van der Waals surface area contributed by atoms with Crippen molar-refractivity contribution in [2.75, 3.05) is 11.9 Å². The second-order valence-corrected chi connectivity index (χ2v) is 13.3. The number of carbonyl (C=O) groups is 3. The number of thioether (sulfide) groups is 1. The average molecular weight is 611 g/mol. The van der Waals surface area contributed by atoms with E-state index in [0.717, 1.165) is 48.4 Å². The number of benzene rings is 2. The number of hydrogen-bond donors (Lipinski definition) is 2. The molecule has 7 nitrogen and oxygen atoms in total. The summed E-state index contributed by atoms with van der Waals surface area (Å²) in [6.45, 7) is 0.196. The zero-order valence-electron chi connectivity index (χ0n) is 23.8. The Morgan fingerprint density at radius 1 is 1.12 bits per heavy atom. The minimum Gasteiger partial charge on any atom is -0.481 e. The topological polar surface area (TPSA) is 95.9 Å². The van der Waals surface area contributed by atoms with Crippen LogP contribution in [0, 0.1) is 28.9 Å². The number of carbonyl (C=O) groups excluding carboxylic acids is 2. The van der Waals surface area contributed by atoms with Crippen LogP contribution in [0.5, 0.6) is 0 Å². The molecule has 6 atom stereocenters. The van der Waals surface area contributed by atoms with E-state index in [1.165, 1.54) is 17.8 Å². The van der Waals surface area contributed by atoms with Gasteiger partial charge in [0.15, 0.2) is 23.0 Å². The van der Waals surface area contributed by atoms with Crippen LogP contribution in [0.1, 0.15) is 56.9 Å². The van der Waals surface area contributed by atoms with E-state index in [1.54, 1.807) is 4.90 Å². The lowest BCUT2D eigenvalue weighted by Crippen LogP contribution is -2.45. The van der Waals surface area contributed by atoms with Crippen molar-refractivity contribution >= 4 is 35.1 Å². The van der Waals surface area contributed by atoms with Crippen LogP contribution in [0.4, 0.5) is 14.5 Å². The second kappa shape index (κ2) is 12.4. The van der Waals surface area contributed by atoms with E-state index in [0.29, 0.717) is 18.4 Å². The van der Waals surface area contributed by atoms with Gasteiger partial charge in [0.1, 0.15) is 0 Å². The number of para-hydroxylation sites is 1. The number of aliphatic carboxylic acids is 1. The first-order valence-corrected chi connectivity index (χ1v) is 16.0. The van der Waals surface area contributed by atoms with Crippen LogP contribution in [0.25, 0.3) is 0 Å². The monoisotopic (exact) mass is 610 g/mol. The minimum absolute atomic E-state index is 0.145. The third kappa shape index (κ3) is 6.36. The van der Waals surface area contributed by atoms with Gasteiger partial charge in [0.25, 0.3) is 0 Å². The first kappa shape index (κ1) is 29.8. The van der Waals surface area contributed by atoms with Gasteiger partial charge in [-0.15, -0.1) is 0 Å². The summed E-state index contributed by atoms with van der Waals surface area (Å²) in [6.07, 6.45) is 8.15. The molecule has 1 aliphatic carbocycles. The van der Waals surface area contributed by atoms with Crippen LogP contribution in [-0.4, -0.2) is 51.9 Å². The van der Waals surface area contributed by atoms with Crippen molar-refractivity contribution < 1.29 is 33.0 Å². The molecule has 1 saturated heterocycles. The number of hydrogen-bond acceptors (Lipinski definition) is 6. The molecule has 0 spiro atoms. The van der Waals surface area contributed by atoms with Gasteiger partial charge in [-0.3, -0.25) is 14.4 Å². The number of allylic oxidation sites excluding steroid dienone is 2. The molecule has 0 bridgehead atoms. The molecule has 3 aliphatic heterocycles. The fourth-order valence-corrected chi connectivity index (χ4v) is 7.81. The third-order valence-corrected chi connectivity index (χ3v) is 10.3. The Labute approximate surface area is 254 Å². The highest BCUT2D eigenvalue weighted by molar-refractivity contribution is 8.00. The van der Waals surface area contributed by atoms with E-state index < -0.39 is 41.1 Å². The molecule has 0 radical (unpaired) electrons. The maximum absolute atomic E-state index is 14.2. The van der Waals surface area contributed by atoms with Crippen molar-refractivity contribution in [1.82, 2.24) is 4.90 Å². The number of nitrogens with zero attached hydrogens (tertiary/aromatic N) is 1. The molecule has 10 heteroatoms. The number of Topliss-reactive ketones (excluding diaryl/α,β-unsaturated/α-hetero) is 1. The second-order valence-electron chi connectivity index (χ2n) is 12.2. The molecule has 1 amide bonds. The normalized spacial score (nSPS) is 31.7. The van der Waals surface area contributed by atoms with E-state index in [4.69, 9.17) is 4.74 Å². The van der Waals surface area contributed by atoms with E-state index in [1.807, 2.05) is 36.4 Å². The van der Waals surface area contributed by atoms with Gasteiger partial charge in [-0.1, -0.05) is 55.0 Å². The Bertz CT molecular complexity index is 1410. The van der Waals surface area contributed by atoms with E-state index in [-0.39, 0.29) is 49.0 Å². The molecule has 2 fully saturated rings. The van der Waals surface area contributed by atoms with Crippen molar-refractivity contribution in [1.29, 1.82) is 0 Å². The number of nitrogens with one attached hydrogen (secondary N) is 1. The largest absolute Gasteiger partial charge is 0.481 e. The molecule has 6 rings (SSSR count). The van der Waals surface area contributed by atoms with Crippen molar-refractivity contribution in [2.45, 2.75) is 80.4 Å². The summed E-state index contributed by atoms with van der Waals surface area (Å²) in [5.74, 6) is -4.12. The van der Waals surface area contributed by atoms with E-state index in [2.05, 4.69) is 5.32 Å². The molecule has 4 aliphatic rings. The number of amides is 1. The highest BCUT2D eigenvalue weighted by atomic mass is 32.2. The van der Waals surface area contributed by atoms with Crippen molar-refractivity contribution in [2.24, 2.45) is 17.3 Å². The molecule has 1 saturated carbocycles. The number of anilines is 1. The highest BCUT2D eigenvalue weighted by Crippen LogP contribution is 2.57. The zero-order valence-corrected chi connectivity index (χ0v) is 24.7. The number of halogens is 2. The van der Waals surface area contributed by atoms with Crippen LogP contribution in [0.3, 0.4) is 0 Å². The molecule has 43 heavy (non-hydrogen) atoms. The first-order valence-electron chi connectivity index (χ1n) is 15.1. The Morgan fingerprint density at radius 2 is 1.95 bits per heavy atom. The molecular weight excluding hydrogens is 574 g/mol. The van der Waals surface area contributed by atoms with Crippen LogP contribution >= 0.6 is 11.8 Å². The summed E-state index contributed by atoms with van der Waals surface area (Å²) in [5, 5.41) is 13.4. The number of fused-ring (bicyclic) bond motifs is 3. The minimum atomic E-state index is -1.14. The SMILES string of the molecule is O=C1C[C@]2(C(=O)O)C[C@@H]2/C=C\CCCCC[C@H](Cc2ccc(F)c(F)c2)C(=O)N2C[C@H](OC3Nc4ccccc4S3)C[C@@H]12. The fourth-order valence-electron chi connectivity index (χ4n) is 6.77. The molecule has 228 valence electrons. The Balaban J connectivity index is 1.26. The summed E-state index contributed by atoms with van der Waals surface area (Å²) in [7, 11) is 0. The number of rotatable bonds is 5. The standard InChI is InChI=1S/C33H36F2N2O5S/c34-24-13-12-20(15-25(24)35)14-21-8-4-2-1-3-5-9-22-17-33(22,31(40)41)18-28(38)27-16-23(19-37(27)30(21)39)42-32-36-26-10-6-7-11-29(26)43-32/h5-7,9-13,15,21-23,27,32,36H,1-4,8,14,16-19H2,(H,40,41)/b9-5-/t21-,22+,23-,27+,32?,33-/m1/s1. The highest BCUT2D eigenvalue weighted by Gasteiger charge is 2.61. The summed E-state index contributed by atoms with van der Waals surface area (Å²) >= 11 is 1.53. The summed E-state index contributed by atoms with van der Waals surface area (Å²) < 4.78 is 34.1. The molecule has 1 unspecified atom stereocenters. The maximum Gasteiger partial charge on any atom is 0.310 e. The van der Waals surface area contributed by atoms with Gasteiger partial charge in [0.05, 0.1) is 23.2 Å². The lowest BCUT2D eigenvalue weighted by molar-refractivity contribution is -0.147. The van der Waals surface area contributed by atoms with Crippen molar-refractivity contribution in [3.8, 4) is 0 Å². The molecule has 2 N–H and O–H groups in total. The van der Waals surface area contributed by atoms with Crippen molar-refractivity contribution in [3.63, 3.8) is 0 Å². The quantitative estimate of drug-likeness (QED) is 0.391. The van der Waals surface area contributed by atoms with Gasteiger partial charge in [-0.25, -0.2) is 8.78 Å². The summed E-state index contributed by atoms with van der Waals surface area (Å²) in [5.41, 5.74) is -0.0487.